The van der Waals surface area contributed by atoms with Gasteiger partial charge in [0.1, 0.15) is 5.00 Å². The minimum absolute atomic E-state index is 0.0568. The molecule has 1 aromatic rings. The van der Waals surface area contributed by atoms with Crippen LogP contribution in [0.15, 0.2) is 0 Å². The first-order valence-corrected chi connectivity index (χ1v) is 9.14. The van der Waals surface area contributed by atoms with Gasteiger partial charge in [-0.05, 0) is 52.3 Å². The molecule has 0 aliphatic carbocycles. The summed E-state index contributed by atoms with van der Waals surface area (Å²) in [5.41, 5.74) is 1.39. The highest BCUT2D eigenvalue weighted by Gasteiger charge is 2.22. The fourth-order valence-electron chi connectivity index (χ4n) is 2.83. The predicted octanol–water partition coefficient (Wildman–Crippen LogP) is 3.36. The number of nitrogens with one attached hydrogen (secondary N) is 1. The molecule has 0 bridgehead atoms. The van der Waals surface area contributed by atoms with E-state index in [4.69, 9.17) is 4.74 Å². The van der Waals surface area contributed by atoms with Gasteiger partial charge in [-0.15, -0.1) is 11.3 Å². The van der Waals surface area contributed by atoms with Crippen LogP contribution in [0.1, 0.15) is 53.4 Å². The molecular formula is C17H26N2O3S. The Kier molecular flexibility index (Phi) is 6.59. The fourth-order valence-corrected chi connectivity index (χ4v) is 3.89. The molecule has 6 heteroatoms. The lowest BCUT2D eigenvalue weighted by Gasteiger charge is -2.18. The summed E-state index contributed by atoms with van der Waals surface area (Å²) in [6.07, 6.45) is 4.79. The molecule has 0 aromatic carbocycles. The Morgan fingerprint density at radius 2 is 1.83 bits per heavy atom. The molecule has 1 aromatic heterocycles. The third-order valence-electron chi connectivity index (χ3n) is 4.18. The molecular weight excluding hydrogens is 312 g/mol. The lowest BCUT2D eigenvalue weighted by molar-refractivity contribution is -0.117. The second kappa shape index (κ2) is 8.45. The monoisotopic (exact) mass is 338 g/mol. The Balaban J connectivity index is 2.05. The number of hydrogen-bond acceptors (Lipinski definition) is 5. The van der Waals surface area contributed by atoms with Gasteiger partial charge in [0.15, 0.2) is 0 Å². The minimum atomic E-state index is -0.362. The smallest absolute Gasteiger partial charge is 0.341 e. The summed E-state index contributed by atoms with van der Waals surface area (Å²) in [7, 11) is 0. The van der Waals surface area contributed by atoms with E-state index in [1.165, 1.54) is 24.2 Å². The van der Waals surface area contributed by atoms with Crippen molar-refractivity contribution in [2.24, 2.45) is 0 Å². The number of carbonyl (C=O) groups is 2. The first-order valence-electron chi connectivity index (χ1n) is 8.32. The van der Waals surface area contributed by atoms with Crippen LogP contribution >= 0.6 is 11.3 Å². The summed E-state index contributed by atoms with van der Waals surface area (Å²) in [4.78, 5) is 27.7. The van der Waals surface area contributed by atoms with E-state index in [1.54, 1.807) is 6.92 Å². The molecule has 2 heterocycles. The van der Waals surface area contributed by atoms with Crippen molar-refractivity contribution in [3.8, 4) is 0 Å². The van der Waals surface area contributed by atoms with Crippen molar-refractivity contribution in [1.29, 1.82) is 0 Å². The Morgan fingerprint density at radius 1 is 1.17 bits per heavy atom. The van der Waals surface area contributed by atoms with Gasteiger partial charge in [-0.1, -0.05) is 12.8 Å². The van der Waals surface area contributed by atoms with E-state index < -0.39 is 0 Å². The highest BCUT2D eigenvalue weighted by atomic mass is 32.1. The molecule has 0 saturated carbocycles. The van der Waals surface area contributed by atoms with Gasteiger partial charge in [-0.25, -0.2) is 4.79 Å². The fraction of sp³-hybridized carbons (Fsp3) is 0.647. The second-order valence-corrected chi connectivity index (χ2v) is 7.17. The predicted molar refractivity (Wildman–Crippen MR) is 93.3 cm³/mol. The molecule has 23 heavy (non-hydrogen) atoms. The van der Waals surface area contributed by atoms with Crippen LogP contribution in [-0.2, 0) is 9.53 Å². The van der Waals surface area contributed by atoms with Crippen LogP contribution in [0.3, 0.4) is 0 Å². The van der Waals surface area contributed by atoms with Gasteiger partial charge >= 0.3 is 5.97 Å². The first-order chi connectivity index (χ1) is 11.0. The van der Waals surface area contributed by atoms with Gasteiger partial charge < -0.3 is 10.1 Å². The van der Waals surface area contributed by atoms with E-state index in [0.29, 0.717) is 23.7 Å². The van der Waals surface area contributed by atoms with Crippen molar-refractivity contribution in [1.82, 2.24) is 4.90 Å². The zero-order valence-corrected chi connectivity index (χ0v) is 15.1. The lowest BCUT2D eigenvalue weighted by atomic mass is 10.1. The van der Waals surface area contributed by atoms with Crippen molar-refractivity contribution < 1.29 is 14.3 Å². The van der Waals surface area contributed by atoms with Crippen molar-refractivity contribution >= 4 is 28.2 Å². The third-order valence-corrected chi connectivity index (χ3v) is 5.31. The largest absolute Gasteiger partial charge is 0.462 e. The van der Waals surface area contributed by atoms with Crippen molar-refractivity contribution in [3.63, 3.8) is 0 Å². The zero-order chi connectivity index (χ0) is 16.8. The van der Waals surface area contributed by atoms with Crippen molar-refractivity contribution in [3.05, 3.63) is 16.0 Å². The van der Waals surface area contributed by atoms with Crippen LogP contribution in [0.4, 0.5) is 5.00 Å². The molecule has 0 atom stereocenters. The van der Waals surface area contributed by atoms with E-state index in [1.807, 2.05) is 13.8 Å². The number of thiophene rings is 1. The van der Waals surface area contributed by atoms with E-state index in [9.17, 15) is 9.59 Å². The Bertz CT molecular complexity index is 560. The number of carbonyl (C=O) groups excluding carboxylic acids is 2. The molecule has 1 fully saturated rings. The van der Waals surface area contributed by atoms with Gasteiger partial charge in [0.2, 0.25) is 5.91 Å². The van der Waals surface area contributed by atoms with E-state index in [2.05, 4.69) is 10.2 Å². The van der Waals surface area contributed by atoms with Gasteiger partial charge in [-0.3, -0.25) is 9.69 Å². The molecule has 0 unspecified atom stereocenters. The highest BCUT2D eigenvalue weighted by Crippen LogP contribution is 2.33. The first kappa shape index (κ1) is 17.9. The Morgan fingerprint density at radius 3 is 2.43 bits per heavy atom. The summed E-state index contributed by atoms with van der Waals surface area (Å²) in [6, 6.07) is 0. The third kappa shape index (κ3) is 4.78. The summed E-state index contributed by atoms with van der Waals surface area (Å²) in [5, 5.41) is 3.53. The number of ether oxygens (including phenoxy) is 1. The number of aryl methyl sites for hydroxylation is 1. The molecule has 5 nitrogen and oxygen atoms in total. The van der Waals surface area contributed by atoms with Crippen LogP contribution < -0.4 is 5.32 Å². The molecule has 1 N–H and O–H groups in total. The lowest BCUT2D eigenvalue weighted by Crippen LogP contribution is -2.34. The van der Waals surface area contributed by atoms with E-state index in [0.717, 1.165) is 36.4 Å². The standard InChI is InChI=1S/C17H26N2O3S/c1-4-22-17(21)15-12(2)13(3)23-16(15)18-14(20)11-19-9-7-5-6-8-10-19/h4-11H2,1-3H3,(H,18,20). The Hall–Kier alpha value is -1.40. The second-order valence-electron chi connectivity index (χ2n) is 5.95. The quantitative estimate of drug-likeness (QED) is 0.837. The van der Waals surface area contributed by atoms with Gasteiger partial charge in [0, 0.05) is 4.88 Å². The van der Waals surface area contributed by atoms with Gasteiger partial charge in [0.25, 0.3) is 0 Å². The molecule has 1 saturated heterocycles. The van der Waals surface area contributed by atoms with Crippen LogP contribution in [-0.4, -0.2) is 43.0 Å². The molecule has 1 amide bonds. The summed E-state index contributed by atoms with van der Waals surface area (Å²) in [5.74, 6) is -0.418. The summed E-state index contributed by atoms with van der Waals surface area (Å²) in [6.45, 7) is 8.29. The molecule has 1 aliphatic heterocycles. The van der Waals surface area contributed by atoms with Crippen LogP contribution in [0, 0.1) is 13.8 Å². The number of nitrogens with zero attached hydrogens (tertiary/aromatic N) is 1. The Labute approximate surface area is 142 Å². The molecule has 2 rings (SSSR count). The van der Waals surface area contributed by atoms with E-state index in [-0.39, 0.29) is 11.9 Å². The average molecular weight is 338 g/mol. The minimum Gasteiger partial charge on any atom is -0.462 e. The molecule has 1 aliphatic rings. The topological polar surface area (TPSA) is 58.6 Å². The summed E-state index contributed by atoms with van der Waals surface area (Å²) < 4.78 is 5.12. The average Bonchev–Trinajstić information content (AvgIpc) is 2.68. The number of amides is 1. The number of hydrogen-bond donors (Lipinski definition) is 1. The number of likely N-dealkylation sites (tertiary alicyclic amines) is 1. The maximum atomic E-state index is 12.3. The van der Waals surface area contributed by atoms with Crippen molar-refractivity contribution in [2.75, 3.05) is 31.6 Å². The van der Waals surface area contributed by atoms with Crippen molar-refractivity contribution in [2.45, 2.75) is 46.5 Å². The molecule has 0 spiro atoms. The molecule has 128 valence electrons. The SMILES string of the molecule is CCOC(=O)c1c(NC(=O)CN2CCCCCC2)sc(C)c1C. The zero-order valence-electron chi connectivity index (χ0n) is 14.2. The van der Waals surface area contributed by atoms with Crippen LogP contribution in [0.5, 0.6) is 0 Å². The van der Waals surface area contributed by atoms with E-state index >= 15 is 0 Å². The normalized spacial score (nSPS) is 16.0. The molecule has 0 radical (unpaired) electrons. The number of rotatable bonds is 5. The van der Waals surface area contributed by atoms with Crippen LogP contribution in [0.2, 0.25) is 0 Å². The maximum absolute atomic E-state index is 12.3. The van der Waals surface area contributed by atoms with Crippen LogP contribution in [0.25, 0.3) is 0 Å². The summed E-state index contributed by atoms with van der Waals surface area (Å²) >= 11 is 1.44. The maximum Gasteiger partial charge on any atom is 0.341 e. The number of anilines is 1. The van der Waals surface area contributed by atoms with Gasteiger partial charge in [0.05, 0.1) is 18.7 Å². The highest BCUT2D eigenvalue weighted by molar-refractivity contribution is 7.16. The van der Waals surface area contributed by atoms with Gasteiger partial charge in [-0.2, -0.15) is 0 Å². The number of esters is 1.